The van der Waals surface area contributed by atoms with Gasteiger partial charge in [0.2, 0.25) is 0 Å². The molecule has 1 saturated carbocycles. The minimum Gasteiger partial charge on any atom is -0.375 e. The number of hydrogen-bond donors (Lipinski definition) is 1. The van der Waals surface area contributed by atoms with E-state index in [1.165, 1.54) is 27.7 Å². The van der Waals surface area contributed by atoms with Gasteiger partial charge in [0.15, 0.2) is 15.4 Å². The Morgan fingerprint density at radius 1 is 1.09 bits per heavy atom. The van der Waals surface area contributed by atoms with Crippen molar-refractivity contribution in [1.82, 2.24) is 5.32 Å². The van der Waals surface area contributed by atoms with Crippen molar-refractivity contribution in [3.05, 3.63) is 82.3 Å². The molecule has 0 aromatic heterocycles. The smallest absolute Gasteiger partial charge is 0.171 e. The normalized spacial score (nSPS) is 23.4. The molecule has 2 aliphatic carbocycles. The van der Waals surface area contributed by atoms with E-state index in [-0.39, 0.29) is 12.0 Å². The van der Waals surface area contributed by atoms with Crippen LogP contribution in [-0.2, 0) is 33.8 Å². The number of aryl methyl sites for hydroxylation is 2. The second-order valence-corrected chi connectivity index (χ2v) is 12.4. The van der Waals surface area contributed by atoms with Gasteiger partial charge >= 0.3 is 0 Å². The average molecular weight is 491 g/mol. The molecule has 2 atom stereocenters. The van der Waals surface area contributed by atoms with Crippen LogP contribution in [0.4, 0.5) is 0 Å². The molecule has 0 radical (unpaired) electrons. The van der Waals surface area contributed by atoms with Crippen molar-refractivity contribution in [2.75, 3.05) is 19.0 Å². The molecule has 0 bridgehead atoms. The third-order valence-electron chi connectivity index (χ3n) is 7.56. The van der Waals surface area contributed by atoms with Crippen LogP contribution in [0.5, 0.6) is 0 Å². The lowest BCUT2D eigenvalue weighted by Gasteiger charge is -2.43. The monoisotopic (exact) mass is 490 g/mol. The van der Waals surface area contributed by atoms with E-state index in [1.807, 2.05) is 12.1 Å². The molecule has 1 heterocycles. The summed E-state index contributed by atoms with van der Waals surface area (Å²) in [7, 11) is -3.08. The second kappa shape index (κ2) is 10.3. The molecule has 0 amide bonds. The van der Waals surface area contributed by atoms with Gasteiger partial charge in [-0.05, 0) is 73.1 Å². The molecular weight excluding hydrogens is 456 g/mol. The topological polar surface area (TPSA) is 79.2 Å². The van der Waals surface area contributed by atoms with Crippen LogP contribution in [0, 0.1) is 17.2 Å². The van der Waals surface area contributed by atoms with Crippen molar-refractivity contribution in [2.24, 2.45) is 5.92 Å². The van der Waals surface area contributed by atoms with Gasteiger partial charge in [-0.1, -0.05) is 54.6 Å². The number of nitrogens with one attached hydrogen (secondary N) is 1. The Morgan fingerprint density at radius 3 is 2.57 bits per heavy atom. The SMILES string of the molecule is N#CC1(NC2CCc3ccc(CC/C=C/S(=O)(=O)CC4CC4)cc3C2Cc2ccccc2)COC1. The van der Waals surface area contributed by atoms with Gasteiger partial charge in [0.25, 0.3) is 0 Å². The summed E-state index contributed by atoms with van der Waals surface area (Å²) in [5.74, 6) is 0.939. The number of ether oxygens (including phenoxy) is 1. The molecular formula is C29H34N2O3S. The van der Waals surface area contributed by atoms with Crippen LogP contribution in [0.1, 0.15) is 53.9 Å². The fourth-order valence-electron chi connectivity index (χ4n) is 5.37. The zero-order chi connectivity index (χ0) is 24.3. The first-order chi connectivity index (χ1) is 17.0. The summed E-state index contributed by atoms with van der Waals surface area (Å²) in [4.78, 5) is 0. The lowest BCUT2D eigenvalue weighted by atomic mass is 9.74. The fraction of sp³-hybridized carbons (Fsp3) is 0.483. The van der Waals surface area contributed by atoms with Gasteiger partial charge in [0, 0.05) is 17.4 Å². The van der Waals surface area contributed by atoms with Crippen LogP contribution >= 0.6 is 0 Å². The summed E-state index contributed by atoms with van der Waals surface area (Å²) in [6.07, 6.45) is 8.33. The van der Waals surface area contributed by atoms with Crippen LogP contribution in [-0.4, -0.2) is 39.0 Å². The van der Waals surface area contributed by atoms with E-state index in [0.717, 1.165) is 38.5 Å². The van der Waals surface area contributed by atoms with E-state index < -0.39 is 15.4 Å². The molecule has 2 aromatic carbocycles. The quantitative estimate of drug-likeness (QED) is 0.531. The molecule has 6 heteroatoms. The first-order valence-corrected chi connectivity index (χ1v) is 14.5. The van der Waals surface area contributed by atoms with Crippen molar-refractivity contribution in [1.29, 1.82) is 5.26 Å². The second-order valence-electron chi connectivity index (χ2n) is 10.5. The maximum absolute atomic E-state index is 12.2. The summed E-state index contributed by atoms with van der Waals surface area (Å²) >= 11 is 0. The number of hydrogen-bond acceptors (Lipinski definition) is 5. The Labute approximate surface area is 209 Å². The number of nitrogens with zero attached hydrogens (tertiary/aromatic N) is 1. The van der Waals surface area contributed by atoms with E-state index in [0.29, 0.717) is 31.3 Å². The molecule has 2 aromatic rings. The van der Waals surface area contributed by atoms with Crippen LogP contribution in [0.2, 0.25) is 0 Å². The van der Waals surface area contributed by atoms with Crippen molar-refractivity contribution >= 4 is 9.84 Å². The average Bonchev–Trinajstić information content (AvgIpc) is 3.64. The fourth-order valence-corrected chi connectivity index (χ4v) is 6.90. The Balaban J connectivity index is 1.33. The largest absolute Gasteiger partial charge is 0.375 e. The van der Waals surface area contributed by atoms with Gasteiger partial charge in [-0.3, -0.25) is 5.32 Å². The van der Waals surface area contributed by atoms with Crippen LogP contribution in [0.15, 0.2) is 60.0 Å². The molecule has 1 aliphatic heterocycles. The maximum Gasteiger partial charge on any atom is 0.171 e. The summed E-state index contributed by atoms with van der Waals surface area (Å²) in [6, 6.07) is 20.0. The van der Waals surface area contributed by atoms with E-state index in [9.17, 15) is 13.7 Å². The van der Waals surface area contributed by atoms with E-state index >= 15 is 0 Å². The summed E-state index contributed by atoms with van der Waals surface area (Å²) in [5, 5.41) is 14.9. The summed E-state index contributed by atoms with van der Waals surface area (Å²) < 4.78 is 29.7. The predicted molar refractivity (Wildman–Crippen MR) is 138 cm³/mol. The molecule has 3 aliphatic rings. The van der Waals surface area contributed by atoms with Crippen molar-refractivity contribution in [3.63, 3.8) is 0 Å². The molecule has 5 rings (SSSR count). The highest BCUT2D eigenvalue weighted by Crippen LogP contribution is 2.37. The Morgan fingerprint density at radius 2 is 1.89 bits per heavy atom. The molecule has 35 heavy (non-hydrogen) atoms. The number of fused-ring (bicyclic) bond motifs is 1. The molecule has 1 saturated heterocycles. The highest BCUT2D eigenvalue weighted by Gasteiger charge is 2.43. The summed E-state index contributed by atoms with van der Waals surface area (Å²) in [5.41, 5.74) is 4.68. The highest BCUT2D eigenvalue weighted by molar-refractivity contribution is 7.94. The Hall–Kier alpha value is -2.46. The maximum atomic E-state index is 12.2. The molecule has 5 nitrogen and oxygen atoms in total. The van der Waals surface area contributed by atoms with Crippen LogP contribution < -0.4 is 5.32 Å². The first-order valence-electron chi connectivity index (χ1n) is 12.8. The molecule has 184 valence electrons. The number of benzene rings is 2. The van der Waals surface area contributed by atoms with Gasteiger partial charge in [0.05, 0.1) is 25.0 Å². The number of rotatable bonds is 10. The number of allylic oxidation sites excluding steroid dienone is 1. The highest BCUT2D eigenvalue weighted by atomic mass is 32.2. The summed E-state index contributed by atoms with van der Waals surface area (Å²) in [6.45, 7) is 0.891. The van der Waals surface area contributed by atoms with Gasteiger partial charge in [-0.15, -0.1) is 0 Å². The third-order valence-corrected chi connectivity index (χ3v) is 9.10. The van der Waals surface area contributed by atoms with E-state index in [1.54, 1.807) is 0 Å². The van der Waals surface area contributed by atoms with Crippen LogP contribution in [0.25, 0.3) is 0 Å². The van der Waals surface area contributed by atoms with Crippen molar-refractivity contribution in [3.8, 4) is 6.07 Å². The van der Waals surface area contributed by atoms with E-state index in [2.05, 4.69) is 53.9 Å². The van der Waals surface area contributed by atoms with Gasteiger partial charge in [0.1, 0.15) is 0 Å². The minimum absolute atomic E-state index is 0.203. The van der Waals surface area contributed by atoms with Crippen molar-refractivity contribution in [2.45, 2.75) is 62.4 Å². The zero-order valence-corrected chi connectivity index (χ0v) is 21.0. The number of sulfone groups is 1. The predicted octanol–water partition coefficient (Wildman–Crippen LogP) is 4.48. The van der Waals surface area contributed by atoms with Gasteiger partial charge < -0.3 is 4.74 Å². The van der Waals surface area contributed by atoms with Crippen molar-refractivity contribution < 1.29 is 13.2 Å². The molecule has 2 unspecified atom stereocenters. The van der Waals surface area contributed by atoms with Gasteiger partial charge in [-0.2, -0.15) is 5.26 Å². The van der Waals surface area contributed by atoms with E-state index in [4.69, 9.17) is 4.74 Å². The Kier molecular flexibility index (Phi) is 7.11. The molecule has 1 N–H and O–H groups in total. The molecule has 2 fully saturated rings. The third kappa shape index (κ3) is 6.03. The lowest BCUT2D eigenvalue weighted by molar-refractivity contribution is -0.0510. The first kappa shape index (κ1) is 24.2. The minimum atomic E-state index is -3.08. The standard InChI is InChI=1S/C29H34N2O3S/c30-19-29(20-34-21-29)31-28-14-13-25-12-11-23(8-4-5-15-35(32,33)18-24-9-10-24)16-26(25)27(28)17-22-6-2-1-3-7-22/h1-3,5-7,11-12,15-16,24,27-28,31H,4,8-10,13-14,17-18,20-21H2/b15-5+. The zero-order valence-electron chi connectivity index (χ0n) is 20.2. The van der Waals surface area contributed by atoms with Gasteiger partial charge in [-0.25, -0.2) is 8.42 Å². The number of nitriles is 1. The Bertz CT molecular complexity index is 1210. The molecule has 0 spiro atoms. The van der Waals surface area contributed by atoms with Crippen LogP contribution in [0.3, 0.4) is 0 Å². The lowest BCUT2D eigenvalue weighted by Crippen LogP contribution is -2.63.